The van der Waals surface area contributed by atoms with Crippen molar-refractivity contribution in [3.05, 3.63) is 27.6 Å². The van der Waals surface area contributed by atoms with Crippen LogP contribution in [0.25, 0.3) is 0 Å². The van der Waals surface area contributed by atoms with Gasteiger partial charge in [-0.3, -0.25) is 9.78 Å². The molecule has 6 heteroatoms. The maximum Gasteiger partial charge on any atom is 0.328 e. The molecule has 5 nitrogen and oxygen atoms in total. The molecule has 0 saturated heterocycles. The summed E-state index contributed by atoms with van der Waals surface area (Å²) in [7, 11) is 0. The molecule has 0 aliphatic rings. The van der Waals surface area contributed by atoms with E-state index in [0.29, 0.717) is 12.2 Å². The lowest BCUT2D eigenvalue weighted by Gasteiger charge is -2.12. The largest absolute Gasteiger partial charge is 0.464 e. The minimum atomic E-state index is -0.666. The van der Waals surface area contributed by atoms with Crippen LogP contribution in [-0.2, 0) is 9.53 Å². The number of hydrogen-bond donors (Lipinski definition) is 1. The summed E-state index contributed by atoms with van der Waals surface area (Å²) in [6.07, 6.45) is 3.10. The second-order valence-electron chi connectivity index (χ2n) is 3.34. The standard InChI is InChI=1S/C11H13IN2O3/c1-3-17-11(16)7(2)14-10(15)8-4-9(12)6-13-5-8/h4-7H,3H2,1-2H3,(H,14,15). The summed E-state index contributed by atoms with van der Waals surface area (Å²) in [6, 6.07) is 1.03. The van der Waals surface area contributed by atoms with Crippen LogP contribution in [-0.4, -0.2) is 29.5 Å². The Labute approximate surface area is 113 Å². The first-order valence-corrected chi connectivity index (χ1v) is 6.20. The van der Waals surface area contributed by atoms with Crippen molar-refractivity contribution in [3.8, 4) is 0 Å². The maximum atomic E-state index is 11.8. The van der Waals surface area contributed by atoms with Crippen molar-refractivity contribution in [1.82, 2.24) is 10.3 Å². The number of nitrogens with zero attached hydrogens (tertiary/aromatic N) is 1. The summed E-state index contributed by atoms with van der Waals surface area (Å²) < 4.78 is 5.65. The number of amides is 1. The molecule has 0 bridgehead atoms. The Kier molecular flexibility index (Phi) is 5.33. The fourth-order valence-electron chi connectivity index (χ4n) is 1.14. The van der Waals surface area contributed by atoms with Crippen LogP contribution in [0.15, 0.2) is 18.5 Å². The molecular weight excluding hydrogens is 335 g/mol. The van der Waals surface area contributed by atoms with Gasteiger partial charge in [0.15, 0.2) is 0 Å². The van der Waals surface area contributed by atoms with Crippen LogP contribution >= 0.6 is 22.6 Å². The summed E-state index contributed by atoms with van der Waals surface area (Å²) in [5.74, 6) is -0.781. The third kappa shape index (κ3) is 4.29. The van der Waals surface area contributed by atoms with Crippen molar-refractivity contribution < 1.29 is 14.3 Å². The molecule has 1 N–H and O–H groups in total. The van der Waals surface area contributed by atoms with E-state index in [1.54, 1.807) is 26.1 Å². The van der Waals surface area contributed by atoms with Gasteiger partial charge in [-0.2, -0.15) is 0 Å². The topological polar surface area (TPSA) is 68.3 Å². The first-order chi connectivity index (χ1) is 8.04. The summed E-state index contributed by atoms with van der Waals surface area (Å²) in [6.45, 7) is 3.59. The second-order valence-corrected chi connectivity index (χ2v) is 4.58. The second kappa shape index (κ2) is 6.53. The van der Waals surface area contributed by atoms with Gasteiger partial charge in [-0.05, 0) is 42.5 Å². The van der Waals surface area contributed by atoms with Crippen molar-refractivity contribution in [3.63, 3.8) is 0 Å². The van der Waals surface area contributed by atoms with E-state index in [1.807, 2.05) is 0 Å². The fourth-order valence-corrected chi connectivity index (χ4v) is 1.64. The fraction of sp³-hybridized carbons (Fsp3) is 0.364. The highest BCUT2D eigenvalue weighted by Gasteiger charge is 2.17. The lowest BCUT2D eigenvalue weighted by atomic mass is 10.2. The molecule has 17 heavy (non-hydrogen) atoms. The van der Waals surface area contributed by atoms with Gasteiger partial charge < -0.3 is 10.1 Å². The molecule has 0 radical (unpaired) electrons. The Balaban J connectivity index is 2.63. The van der Waals surface area contributed by atoms with E-state index in [1.165, 1.54) is 6.20 Å². The Bertz CT molecular complexity index is 423. The van der Waals surface area contributed by atoms with Gasteiger partial charge in [0.25, 0.3) is 5.91 Å². The molecule has 0 spiro atoms. The molecule has 1 amide bonds. The quantitative estimate of drug-likeness (QED) is 0.659. The van der Waals surface area contributed by atoms with Gasteiger partial charge >= 0.3 is 5.97 Å². The third-order valence-corrected chi connectivity index (χ3v) is 2.54. The minimum Gasteiger partial charge on any atom is -0.464 e. The van der Waals surface area contributed by atoms with E-state index in [2.05, 4.69) is 32.9 Å². The number of pyridine rings is 1. The van der Waals surface area contributed by atoms with Gasteiger partial charge in [0, 0.05) is 16.0 Å². The molecule has 1 unspecified atom stereocenters. The number of carbonyl (C=O) groups excluding carboxylic acids is 2. The average molecular weight is 348 g/mol. The smallest absolute Gasteiger partial charge is 0.328 e. The predicted molar refractivity (Wildman–Crippen MR) is 70.5 cm³/mol. The van der Waals surface area contributed by atoms with Gasteiger partial charge in [0.05, 0.1) is 12.2 Å². The molecule has 0 fully saturated rings. The van der Waals surface area contributed by atoms with Crippen molar-refractivity contribution in [2.75, 3.05) is 6.61 Å². The summed E-state index contributed by atoms with van der Waals surface area (Å²) in [5.41, 5.74) is 0.424. The van der Waals surface area contributed by atoms with Crippen molar-refractivity contribution in [1.29, 1.82) is 0 Å². The molecule has 92 valence electrons. The molecule has 1 heterocycles. The minimum absolute atomic E-state index is 0.295. The molecule has 1 aromatic rings. The van der Waals surface area contributed by atoms with E-state index in [-0.39, 0.29) is 5.91 Å². The van der Waals surface area contributed by atoms with Crippen LogP contribution in [0, 0.1) is 3.57 Å². The van der Waals surface area contributed by atoms with Crippen molar-refractivity contribution >= 4 is 34.5 Å². The summed E-state index contributed by atoms with van der Waals surface area (Å²) in [4.78, 5) is 27.0. The van der Waals surface area contributed by atoms with E-state index < -0.39 is 12.0 Å². The highest BCUT2D eigenvalue weighted by Crippen LogP contribution is 2.05. The molecule has 0 aliphatic carbocycles. The lowest BCUT2D eigenvalue weighted by molar-refractivity contribution is -0.144. The van der Waals surface area contributed by atoms with E-state index in [9.17, 15) is 9.59 Å². The molecule has 1 aromatic heterocycles. The van der Waals surface area contributed by atoms with E-state index in [4.69, 9.17) is 4.74 Å². The zero-order valence-electron chi connectivity index (χ0n) is 9.57. The average Bonchev–Trinajstić information content (AvgIpc) is 2.29. The number of halogens is 1. The maximum absolute atomic E-state index is 11.8. The zero-order chi connectivity index (χ0) is 12.8. The molecule has 1 atom stereocenters. The number of aromatic nitrogens is 1. The Hall–Kier alpha value is -1.18. The van der Waals surface area contributed by atoms with E-state index >= 15 is 0 Å². The van der Waals surface area contributed by atoms with Gasteiger partial charge in [-0.1, -0.05) is 0 Å². The van der Waals surface area contributed by atoms with Crippen LogP contribution in [0.4, 0.5) is 0 Å². The Morgan fingerprint density at radius 3 is 2.82 bits per heavy atom. The zero-order valence-corrected chi connectivity index (χ0v) is 11.7. The van der Waals surface area contributed by atoms with Crippen molar-refractivity contribution in [2.24, 2.45) is 0 Å². The number of hydrogen-bond acceptors (Lipinski definition) is 4. The summed E-state index contributed by atoms with van der Waals surface area (Å²) >= 11 is 2.07. The molecule has 0 aliphatic heterocycles. The number of rotatable bonds is 4. The Morgan fingerprint density at radius 1 is 1.53 bits per heavy atom. The highest BCUT2D eigenvalue weighted by atomic mass is 127. The van der Waals surface area contributed by atoms with Crippen LogP contribution in [0.1, 0.15) is 24.2 Å². The SMILES string of the molecule is CCOC(=O)C(C)NC(=O)c1cncc(I)c1. The molecule has 1 rings (SSSR count). The Morgan fingerprint density at radius 2 is 2.24 bits per heavy atom. The predicted octanol–water partition coefficient (Wildman–Crippen LogP) is 1.37. The van der Waals surface area contributed by atoms with Crippen LogP contribution in [0.3, 0.4) is 0 Å². The molecule has 0 aromatic carbocycles. The van der Waals surface area contributed by atoms with Crippen molar-refractivity contribution in [2.45, 2.75) is 19.9 Å². The summed E-state index contributed by atoms with van der Waals surface area (Å²) in [5, 5.41) is 2.55. The normalized spacial score (nSPS) is 11.7. The van der Waals surface area contributed by atoms with Gasteiger partial charge in [-0.25, -0.2) is 4.79 Å². The highest BCUT2D eigenvalue weighted by molar-refractivity contribution is 14.1. The number of carbonyl (C=O) groups is 2. The number of esters is 1. The lowest BCUT2D eigenvalue weighted by Crippen LogP contribution is -2.39. The van der Waals surface area contributed by atoms with Crippen LogP contribution in [0.5, 0.6) is 0 Å². The van der Waals surface area contributed by atoms with Gasteiger partial charge in [-0.15, -0.1) is 0 Å². The first kappa shape index (κ1) is 13.9. The first-order valence-electron chi connectivity index (χ1n) is 5.12. The number of ether oxygens (including phenoxy) is 1. The van der Waals surface area contributed by atoms with E-state index in [0.717, 1.165) is 3.57 Å². The van der Waals surface area contributed by atoms with Gasteiger partial charge in [0.2, 0.25) is 0 Å². The van der Waals surface area contributed by atoms with Crippen LogP contribution < -0.4 is 5.32 Å². The van der Waals surface area contributed by atoms with Gasteiger partial charge in [0.1, 0.15) is 6.04 Å². The molecule has 0 saturated carbocycles. The third-order valence-electron chi connectivity index (χ3n) is 1.95. The monoisotopic (exact) mass is 348 g/mol. The number of nitrogens with one attached hydrogen (secondary N) is 1. The molecular formula is C11H13IN2O3. The van der Waals surface area contributed by atoms with Crippen LogP contribution in [0.2, 0.25) is 0 Å².